The van der Waals surface area contributed by atoms with Crippen LogP contribution < -0.4 is 24.8 Å². The topological polar surface area (TPSA) is 85.9 Å². The standard InChI is InChI=1S/C23H20N2O5S/c26-22(13-28-18-4-2-1-3-5-18)24-16-6-9-19(10-7-16)31-14-23(27)25-17-8-11-20-21(12-17)30-15-29-20/h1-12H,13-15H2,(H,24,26)(H,25,27). The monoisotopic (exact) mass is 436 g/mol. The second-order valence-corrected chi connectivity index (χ2v) is 7.63. The minimum Gasteiger partial charge on any atom is -0.484 e. The number of ether oxygens (including phenoxy) is 3. The maximum Gasteiger partial charge on any atom is 0.262 e. The van der Waals surface area contributed by atoms with E-state index in [1.807, 2.05) is 30.3 Å². The summed E-state index contributed by atoms with van der Waals surface area (Å²) in [4.78, 5) is 25.1. The Morgan fingerprint density at radius 2 is 1.55 bits per heavy atom. The van der Waals surface area contributed by atoms with Crippen molar-refractivity contribution >= 4 is 35.0 Å². The van der Waals surface area contributed by atoms with Crippen LogP contribution in [0.15, 0.2) is 77.7 Å². The van der Waals surface area contributed by atoms with E-state index in [9.17, 15) is 9.59 Å². The van der Waals surface area contributed by atoms with E-state index in [2.05, 4.69) is 10.6 Å². The van der Waals surface area contributed by atoms with Gasteiger partial charge in [0.25, 0.3) is 5.91 Å². The van der Waals surface area contributed by atoms with Gasteiger partial charge in [0.1, 0.15) is 5.75 Å². The maximum atomic E-state index is 12.2. The molecule has 0 atom stereocenters. The quantitative estimate of drug-likeness (QED) is 0.516. The molecule has 8 heteroatoms. The van der Waals surface area contributed by atoms with E-state index < -0.39 is 0 Å². The summed E-state index contributed by atoms with van der Waals surface area (Å²) in [7, 11) is 0. The smallest absolute Gasteiger partial charge is 0.262 e. The van der Waals surface area contributed by atoms with Crippen LogP contribution in [0.5, 0.6) is 17.2 Å². The summed E-state index contributed by atoms with van der Waals surface area (Å²) in [5.41, 5.74) is 1.32. The number of hydrogen-bond donors (Lipinski definition) is 2. The van der Waals surface area contributed by atoms with Crippen molar-refractivity contribution in [3.63, 3.8) is 0 Å². The van der Waals surface area contributed by atoms with Crippen LogP contribution in [0.2, 0.25) is 0 Å². The van der Waals surface area contributed by atoms with Gasteiger partial charge < -0.3 is 24.8 Å². The average molecular weight is 436 g/mol. The highest BCUT2D eigenvalue weighted by Gasteiger charge is 2.14. The molecule has 2 N–H and O–H groups in total. The molecule has 3 aromatic rings. The number of nitrogens with one attached hydrogen (secondary N) is 2. The summed E-state index contributed by atoms with van der Waals surface area (Å²) in [5, 5.41) is 5.62. The van der Waals surface area contributed by atoms with Gasteiger partial charge in [0.2, 0.25) is 12.7 Å². The minimum absolute atomic E-state index is 0.0689. The largest absolute Gasteiger partial charge is 0.484 e. The average Bonchev–Trinajstić information content (AvgIpc) is 3.26. The van der Waals surface area contributed by atoms with Crippen LogP contribution >= 0.6 is 11.8 Å². The second-order valence-electron chi connectivity index (χ2n) is 6.58. The summed E-state index contributed by atoms with van der Waals surface area (Å²) < 4.78 is 16.0. The van der Waals surface area contributed by atoms with Crippen molar-refractivity contribution in [2.24, 2.45) is 0 Å². The lowest BCUT2D eigenvalue weighted by atomic mass is 10.3. The molecule has 0 saturated carbocycles. The van der Waals surface area contributed by atoms with E-state index in [0.29, 0.717) is 28.6 Å². The summed E-state index contributed by atoms with van der Waals surface area (Å²) in [6, 6.07) is 21.7. The highest BCUT2D eigenvalue weighted by Crippen LogP contribution is 2.34. The number of fused-ring (bicyclic) bond motifs is 1. The Morgan fingerprint density at radius 1 is 0.839 bits per heavy atom. The molecule has 0 bridgehead atoms. The number of thioether (sulfide) groups is 1. The molecule has 0 fully saturated rings. The Labute approximate surface area is 183 Å². The van der Waals surface area contributed by atoms with Crippen LogP contribution in [-0.4, -0.2) is 31.0 Å². The van der Waals surface area contributed by atoms with Gasteiger partial charge in [-0.3, -0.25) is 9.59 Å². The lowest BCUT2D eigenvalue weighted by Crippen LogP contribution is -2.20. The number of benzene rings is 3. The van der Waals surface area contributed by atoms with Crippen LogP contribution in [0.25, 0.3) is 0 Å². The van der Waals surface area contributed by atoms with Crippen molar-refractivity contribution < 1.29 is 23.8 Å². The fourth-order valence-electron chi connectivity index (χ4n) is 2.82. The SMILES string of the molecule is O=C(COc1ccccc1)Nc1ccc(SCC(=O)Nc2ccc3c(c2)OCO3)cc1. The Bertz CT molecular complexity index is 1060. The molecule has 0 radical (unpaired) electrons. The highest BCUT2D eigenvalue weighted by atomic mass is 32.2. The Balaban J connectivity index is 1.21. The Hall–Kier alpha value is -3.65. The van der Waals surface area contributed by atoms with E-state index in [4.69, 9.17) is 14.2 Å². The van der Waals surface area contributed by atoms with Gasteiger partial charge in [-0.15, -0.1) is 11.8 Å². The number of para-hydroxylation sites is 1. The Morgan fingerprint density at radius 3 is 2.35 bits per heavy atom. The van der Waals surface area contributed by atoms with E-state index in [-0.39, 0.29) is 31.0 Å². The third-order valence-electron chi connectivity index (χ3n) is 4.28. The normalized spacial score (nSPS) is 11.6. The van der Waals surface area contributed by atoms with Gasteiger partial charge in [0.05, 0.1) is 5.75 Å². The molecule has 1 aliphatic rings. The van der Waals surface area contributed by atoms with Crippen molar-refractivity contribution in [3.05, 3.63) is 72.8 Å². The second kappa shape index (κ2) is 9.90. The van der Waals surface area contributed by atoms with Gasteiger partial charge in [0.15, 0.2) is 18.1 Å². The molecule has 0 aromatic heterocycles. The van der Waals surface area contributed by atoms with Crippen molar-refractivity contribution in [2.45, 2.75) is 4.90 Å². The fourth-order valence-corrected chi connectivity index (χ4v) is 3.52. The third kappa shape index (κ3) is 5.93. The maximum absolute atomic E-state index is 12.2. The highest BCUT2D eigenvalue weighted by molar-refractivity contribution is 8.00. The first-order valence-electron chi connectivity index (χ1n) is 9.56. The number of hydrogen-bond acceptors (Lipinski definition) is 6. The number of carbonyl (C=O) groups is 2. The molecule has 0 unspecified atom stereocenters. The van der Waals surface area contributed by atoms with E-state index in [1.165, 1.54) is 11.8 Å². The van der Waals surface area contributed by atoms with Crippen molar-refractivity contribution in [1.82, 2.24) is 0 Å². The van der Waals surface area contributed by atoms with E-state index >= 15 is 0 Å². The first-order valence-corrected chi connectivity index (χ1v) is 10.5. The zero-order valence-corrected chi connectivity index (χ0v) is 17.3. The Kier molecular flexibility index (Phi) is 6.59. The predicted octanol–water partition coefficient (Wildman–Crippen LogP) is 4.16. The molecule has 31 heavy (non-hydrogen) atoms. The molecule has 1 heterocycles. The lowest BCUT2D eigenvalue weighted by molar-refractivity contribution is -0.118. The molecule has 0 aliphatic carbocycles. The molecular weight excluding hydrogens is 416 g/mol. The molecular formula is C23H20N2O5S. The van der Waals surface area contributed by atoms with E-state index in [0.717, 1.165) is 4.90 Å². The molecule has 4 rings (SSSR count). The van der Waals surface area contributed by atoms with Gasteiger partial charge in [-0.05, 0) is 48.5 Å². The van der Waals surface area contributed by atoms with Crippen LogP contribution in [0, 0.1) is 0 Å². The van der Waals surface area contributed by atoms with Crippen molar-refractivity contribution in [3.8, 4) is 17.2 Å². The number of carbonyl (C=O) groups excluding carboxylic acids is 2. The van der Waals surface area contributed by atoms with Crippen LogP contribution in [0.3, 0.4) is 0 Å². The number of anilines is 2. The van der Waals surface area contributed by atoms with Crippen LogP contribution in [0.1, 0.15) is 0 Å². The van der Waals surface area contributed by atoms with Crippen molar-refractivity contribution in [1.29, 1.82) is 0 Å². The zero-order valence-electron chi connectivity index (χ0n) is 16.5. The molecule has 0 saturated heterocycles. The fraction of sp³-hybridized carbons (Fsp3) is 0.130. The number of amides is 2. The molecule has 7 nitrogen and oxygen atoms in total. The summed E-state index contributed by atoms with van der Waals surface area (Å²) in [6.07, 6.45) is 0. The minimum atomic E-state index is -0.243. The summed E-state index contributed by atoms with van der Waals surface area (Å²) in [6.45, 7) is 0.125. The first kappa shape index (κ1) is 20.6. The molecule has 1 aliphatic heterocycles. The van der Waals surface area contributed by atoms with Crippen LogP contribution in [-0.2, 0) is 9.59 Å². The number of rotatable bonds is 8. The molecule has 2 amide bonds. The molecule has 0 spiro atoms. The van der Waals surface area contributed by atoms with E-state index in [1.54, 1.807) is 42.5 Å². The lowest BCUT2D eigenvalue weighted by Gasteiger charge is -2.09. The molecule has 3 aromatic carbocycles. The van der Waals surface area contributed by atoms with Gasteiger partial charge in [-0.2, -0.15) is 0 Å². The summed E-state index contributed by atoms with van der Waals surface area (Å²) >= 11 is 1.40. The van der Waals surface area contributed by atoms with Gasteiger partial charge in [-0.25, -0.2) is 0 Å². The first-order chi connectivity index (χ1) is 15.2. The zero-order chi connectivity index (χ0) is 21.5. The molecule has 158 valence electrons. The van der Waals surface area contributed by atoms with Gasteiger partial charge in [-0.1, -0.05) is 18.2 Å². The van der Waals surface area contributed by atoms with Crippen molar-refractivity contribution in [2.75, 3.05) is 29.8 Å². The predicted molar refractivity (Wildman–Crippen MR) is 119 cm³/mol. The van der Waals surface area contributed by atoms with Crippen LogP contribution in [0.4, 0.5) is 11.4 Å². The summed E-state index contributed by atoms with van der Waals surface area (Å²) in [5.74, 6) is 1.82. The van der Waals surface area contributed by atoms with Gasteiger partial charge in [0, 0.05) is 22.3 Å². The third-order valence-corrected chi connectivity index (χ3v) is 5.29. The van der Waals surface area contributed by atoms with Gasteiger partial charge >= 0.3 is 0 Å².